The largest absolute Gasteiger partial charge is 0.313 e. The molecule has 1 saturated carbocycles. The third kappa shape index (κ3) is 5.49. The lowest BCUT2D eigenvalue weighted by molar-refractivity contribution is 0.543. The third-order valence-corrected chi connectivity index (χ3v) is 4.06. The molecule has 4 nitrogen and oxygen atoms in total. The average molecular weight is 234 g/mol. The molecule has 0 atom stereocenters. The highest BCUT2D eigenvalue weighted by atomic mass is 32.2. The van der Waals surface area contributed by atoms with E-state index in [1.807, 2.05) is 13.8 Å². The Morgan fingerprint density at radius 2 is 1.87 bits per heavy atom. The Morgan fingerprint density at radius 3 is 2.40 bits per heavy atom. The second-order valence-corrected chi connectivity index (χ2v) is 6.40. The molecular weight excluding hydrogens is 212 g/mol. The summed E-state index contributed by atoms with van der Waals surface area (Å²) in [5, 5.41) is 3.11. The van der Waals surface area contributed by atoms with Gasteiger partial charge in [0.25, 0.3) is 0 Å². The summed E-state index contributed by atoms with van der Waals surface area (Å²) in [6.45, 7) is 4.55. The van der Waals surface area contributed by atoms with E-state index in [1.165, 1.54) is 0 Å². The van der Waals surface area contributed by atoms with E-state index in [0.29, 0.717) is 12.6 Å². The predicted molar refractivity (Wildman–Crippen MR) is 62.3 cm³/mol. The van der Waals surface area contributed by atoms with Crippen molar-refractivity contribution in [3.8, 4) is 0 Å². The molecule has 90 valence electrons. The molecule has 15 heavy (non-hydrogen) atoms. The summed E-state index contributed by atoms with van der Waals surface area (Å²) in [6.07, 6.45) is 4.29. The van der Waals surface area contributed by atoms with Gasteiger partial charge in [0, 0.05) is 18.6 Å². The van der Waals surface area contributed by atoms with Crippen molar-refractivity contribution in [1.82, 2.24) is 10.0 Å². The van der Waals surface area contributed by atoms with Crippen LogP contribution >= 0.6 is 0 Å². The van der Waals surface area contributed by atoms with Crippen LogP contribution in [0.1, 0.15) is 39.5 Å². The van der Waals surface area contributed by atoms with Crippen molar-refractivity contribution in [2.24, 2.45) is 0 Å². The third-order valence-electron chi connectivity index (χ3n) is 2.62. The zero-order chi connectivity index (χ0) is 11.3. The molecule has 0 heterocycles. The molecule has 0 aromatic heterocycles. The fourth-order valence-electron chi connectivity index (χ4n) is 1.84. The number of hydrogen-bond donors (Lipinski definition) is 2. The lowest BCUT2D eigenvalue weighted by atomic mass is 10.3. The zero-order valence-corrected chi connectivity index (χ0v) is 10.4. The lowest BCUT2D eigenvalue weighted by Gasteiger charge is -2.13. The first-order valence-electron chi connectivity index (χ1n) is 5.73. The molecular formula is C10H22N2O2S. The van der Waals surface area contributed by atoms with Gasteiger partial charge < -0.3 is 5.32 Å². The van der Waals surface area contributed by atoms with Gasteiger partial charge in [-0.25, -0.2) is 13.1 Å². The summed E-state index contributed by atoms with van der Waals surface area (Å²) in [5.74, 6) is 0.182. The van der Waals surface area contributed by atoms with E-state index >= 15 is 0 Å². The van der Waals surface area contributed by atoms with Crippen LogP contribution in [0.5, 0.6) is 0 Å². The monoisotopic (exact) mass is 234 g/mol. The van der Waals surface area contributed by atoms with Gasteiger partial charge >= 0.3 is 0 Å². The van der Waals surface area contributed by atoms with Crippen LogP contribution in [0.4, 0.5) is 0 Å². The quantitative estimate of drug-likeness (QED) is 0.716. The molecule has 0 saturated heterocycles. The first-order valence-corrected chi connectivity index (χ1v) is 7.38. The summed E-state index contributed by atoms with van der Waals surface area (Å²) >= 11 is 0. The first kappa shape index (κ1) is 12.9. The fourth-order valence-corrected chi connectivity index (χ4v) is 3.09. The zero-order valence-electron chi connectivity index (χ0n) is 9.62. The Morgan fingerprint density at radius 1 is 1.27 bits per heavy atom. The van der Waals surface area contributed by atoms with Crippen LogP contribution < -0.4 is 10.0 Å². The summed E-state index contributed by atoms with van der Waals surface area (Å²) in [7, 11) is -3.07. The van der Waals surface area contributed by atoms with Crippen molar-refractivity contribution in [2.75, 3.05) is 12.3 Å². The molecule has 0 aliphatic heterocycles. The van der Waals surface area contributed by atoms with Gasteiger partial charge in [-0.05, 0) is 12.8 Å². The number of nitrogens with one attached hydrogen (secondary N) is 2. The highest BCUT2D eigenvalue weighted by Gasteiger charge is 2.20. The van der Waals surface area contributed by atoms with Crippen molar-refractivity contribution in [1.29, 1.82) is 0 Å². The van der Waals surface area contributed by atoms with Gasteiger partial charge in [-0.15, -0.1) is 0 Å². The average Bonchev–Trinajstić information content (AvgIpc) is 2.54. The molecule has 0 unspecified atom stereocenters. The molecule has 1 aliphatic carbocycles. The molecule has 0 spiro atoms. The molecule has 0 radical (unpaired) electrons. The van der Waals surface area contributed by atoms with Crippen LogP contribution in [0.25, 0.3) is 0 Å². The molecule has 5 heteroatoms. The molecule has 0 amide bonds. The Kier molecular flexibility index (Phi) is 5.02. The maximum Gasteiger partial charge on any atom is 0.213 e. The summed E-state index contributed by atoms with van der Waals surface area (Å²) in [5.41, 5.74) is 0. The summed E-state index contributed by atoms with van der Waals surface area (Å²) < 4.78 is 26.0. The van der Waals surface area contributed by atoms with Gasteiger partial charge in [-0.3, -0.25) is 0 Å². The van der Waals surface area contributed by atoms with E-state index in [4.69, 9.17) is 0 Å². The van der Waals surface area contributed by atoms with Gasteiger partial charge in [0.2, 0.25) is 10.0 Å². The van der Waals surface area contributed by atoms with E-state index in [9.17, 15) is 8.42 Å². The summed E-state index contributed by atoms with van der Waals surface area (Å²) in [6, 6.07) is 0.528. The Hall–Kier alpha value is -0.130. The highest BCUT2D eigenvalue weighted by Crippen LogP contribution is 2.18. The second kappa shape index (κ2) is 5.82. The number of rotatable bonds is 6. The van der Waals surface area contributed by atoms with Crippen molar-refractivity contribution >= 4 is 10.0 Å². The maximum atomic E-state index is 11.6. The molecule has 2 N–H and O–H groups in total. The maximum absolute atomic E-state index is 11.6. The minimum Gasteiger partial charge on any atom is -0.313 e. The lowest BCUT2D eigenvalue weighted by Crippen LogP contribution is -2.38. The van der Waals surface area contributed by atoms with E-state index in [2.05, 4.69) is 10.0 Å². The number of hydrogen-bond acceptors (Lipinski definition) is 3. The molecule has 0 aromatic carbocycles. The topological polar surface area (TPSA) is 58.2 Å². The van der Waals surface area contributed by atoms with E-state index in [1.54, 1.807) is 0 Å². The van der Waals surface area contributed by atoms with Crippen molar-refractivity contribution in [3.63, 3.8) is 0 Å². The minimum atomic E-state index is -3.07. The van der Waals surface area contributed by atoms with Crippen LogP contribution in [0, 0.1) is 0 Å². The molecule has 0 bridgehead atoms. The number of sulfonamides is 1. The Bertz CT molecular complexity index is 269. The van der Waals surface area contributed by atoms with Crippen LogP contribution in [0.15, 0.2) is 0 Å². The van der Waals surface area contributed by atoms with Crippen LogP contribution in [-0.2, 0) is 10.0 Å². The minimum absolute atomic E-state index is 0.182. The highest BCUT2D eigenvalue weighted by molar-refractivity contribution is 7.89. The van der Waals surface area contributed by atoms with Gasteiger partial charge in [-0.1, -0.05) is 26.7 Å². The molecule has 1 aliphatic rings. The van der Waals surface area contributed by atoms with Gasteiger partial charge in [0.1, 0.15) is 0 Å². The Balaban J connectivity index is 2.25. The van der Waals surface area contributed by atoms with Crippen molar-refractivity contribution in [2.45, 2.75) is 51.6 Å². The standard InChI is InChI=1S/C10H22N2O2S/c1-9(2)11-7-8-15(13,14)12-10-5-3-4-6-10/h9-12H,3-8H2,1-2H3. The fraction of sp³-hybridized carbons (Fsp3) is 1.00. The smallest absolute Gasteiger partial charge is 0.213 e. The van der Waals surface area contributed by atoms with Crippen molar-refractivity contribution < 1.29 is 8.42 Å². The SMILES string of the molecule is CC(C)NCCS(=O)(=O)NC1CCCC1. The first-order chi connectivity index (χ1) is 6.99. The normalized spacial score (nSPS) is 18.9. The van der Waals surface area contributed by atoms with E-state index < -0.39 is 10.0 Å². The van der Waals surface area contributed by atoms with E-state index in [-0.39, 0.29) is 11.8 Å². The Labute approximate surface area is 92.9 Å². The summed E-state index contributed by atoms with van der Waals surface area (Å²) in [4.78, 5) is 0. The van der Waals surface area contributed by atoms with Gasteiger partial charge in [-0.2, -0.15) is 0 Å². The molecule has 0 aromatic rings. The molecule has 1 rings (SSSR count). The van der Waals surface area contributed by atoms with Crippen LogP contribution in [-0.4, -0.2) is 32.8 Å². The van der Waals surface area contributed by atoms with Gasteiger partial charge in [0.05, 0.1) is 5.75 Å². The van der Waals surface area contributed by atoms with E-state index in [0.717, 1.165) is 25.7 Å². The second-order valence-electron chi connectivity index (χ2n) is 4.53. The predicted octanol–water partition coefficient (Wildman–Crippen LogP) is 0.846. The van der Waals surface area contributed by atoms with Gasteiger partial charge in [0.15, 0.2) is 0 Å². The van der Waals surface area contributed by atoms with Crippen LogP contribution in [0.2, 0.25) is 0 Å². The van der Waals surface area contributed by atoms with Crippen molar-refractivity contribution in [3.05, 3.63) is 0 Å². The van der Waals surface area contributed by atoms with Crippen LogP contribution in [0.3, 0.4) is 0 Å². The molecule has 1 fully saturated rings.